The number of Topliss-reactive ketones (excluding diaryl/α,β-unsaturated/α-hetero) is 1. The minimum absolute atomic E-state index is 0.238. The molecule has 4 heteroatoms. The molecule has 66 valence electrons. The molecule has 0 N–H and O–H groups in total. The Bertz CT molecular complexity index is 205. The maximum absolute atomic E-state index is 10.7. The molecule has 0 unspecified atom stereocenters. The summed E-state index contributed by atoms with van der Waals surface area (Å²) in [5, 5.41) is 0. The van der Waals surface area contributed by atoms with Crippen LogP contribution in [-0.4, -0.2) is 30.0 Å². The highest BCUT2D eigenvalue weighted by Gasteiger charge is 2.00. The summed E-state index contributed by atoms with van der Waals surface area (Å²) in [5.41, 5.74) is 7.97. The van der Waals surface area contributed by atoms with Crippen molar-refractivity contribution >= 4 is 12.0 Å². The number of hydrogen-bond acceptors (Lipinski definition) is 2. The molecule has 0 aromatic heterocycles. The lowest BCUT2D eigenvalue weighted by Gasteiger charge is -1.95. The predicted molar refractivity (Wildman–Crippen MR) is 44.9 cm³/mol. The van der Waals surface area contributed by atoms with Gasteiger partial charge in [0.2, 0.25) is 5.78 Å². The molecule has 12 heavy (non-hydrogen) atoms. The summed E-state index contributed by atoms with van der Waals surface area (Å²) in [6.07, 6.45) is 4.85. The minimum Gasteiger partial charge on any atom is -0.377 e. The first-order valence-corrected chi connectivity index (χ1v) is 3.70. The van der Waals surface area contributed by atoms with E-state index in [4.69, 9.17) is 10.3 Å². The third-order valence-corrected chi connectivity index (χ3v) is 1.14. The van der Waals surface area contributed by atoms with Crippen molar-refractivity contribution in [2.24, 2.45) is 0 Å². The van der Waals surface area contributed by atoms with Gasteiger partial charge in [0.1, 0.15) is 0 Å². The molecule has 0 rings (SSSR count). The van der Waals surface area contributed by atoms with Gasteiger partial charge in [-0.15, -0.1) is 0 Å². The van der Waals surface area contributed by atoms with Gasteiger partial charge in [-0.3, -0.25) is 4.79 Å². The Balaban J connectivity index is 3.31. The molecule has 0 aliphatic rings. The van der Waals surface area contributed by atoms with Crippen molar-refractivity contribution in [3.05, 3.63) is 17.7 Å². The maximum Gasteiger partial charge on any atom is 0.323 e. The molecular formula is C8H12N2O2. The third-order valence-electron chi connectivity index (χ3n) is 1.14. The van der Waals surface area contributed by atoms with Crippen molar-refractivity contribution < 1.29 is 14.3 Å². The normalized spacial score (nSPS) is 9.75. The van der Waals surface area contributed by atoms with Crippen molar-refractivity contribution in [1.82, 2.24) is 0 Å². The van der Waals surface area contributed by atoms with E-state index in [1.165, 1.54) is 0 Å². The molecule has 0 bridgehead atoms. The fraction of sp³-hybridized carbons (Fsp3) is 0.500. The van der Waals surface area contributed by atoms with E-state index >= 15 is 0 Å². The fourth-order valence-electron chi connectivity index (χ4n) is 0.549. The monoisotopic (exact) mass is 168 g/mol. The summed E-state index contributed by atoms with van der Waals surface area (Å²) in [7, 11) is 0. The van der Waals surface area contributed by atoms with Gasteiger partial charge in [-0.2, -0.15) is 4.79 Å². The molecule has 0 aromatic carbocycles. The van der Waals surface area contributed by atoms with Crippen LogP contribution in [0.3, 0.4) is 0 Å². The average Bonchev–Trinajstić information content (AvgIpc) is 2.05. The summed E-state index contributed by atoms with van der Waals surface area (Å²) >= 11 is 0. The summed E-state index contributed by atoms with van der Waals surface area (Å²) in [5.74, 6) is -0.238. The standard InChI is InChI=1S/C8H12N2O2/c1-2-3-5-12-6-4-8(11)7-10-9/h2-3,7H,4-6H2,1H3/b3-2+. The lowest BCUT2D eigenvalue weighted by Crippen LogP contribution is -2.05. The van der Waals surface area contributed by atoms with Crippen LogP contribution in [0.2, 0.25) is 0 Å². The second-order valence-electron chi connectivity index (χ2n) is 2.10. The van der Waals surface area contributed by atoms with Crippen molar-refractivity contribution in [2.75, 3.05) is 13.2 Å². The van der Waals surface area contributed by atoms with E-state index in [9.17, 15) is 4.79 Å². The van der Waals surface area contributed by atoms with E-state index in [1.807, 2.05) is 19.1 Å². The van der Waals surface area contributed by atoms with Crippen LogP contribution in [-0.2, 0) is 9.53 Å². The molecule has 0 heterocycles. The van der Waals surface area contributed by atoms with Gasteiger partial charge >= 0.3 is 6.21 Å². The number of nitrogens with zero attached hydrogens (tertiary/aromatic N) is 2. The van der Waals surface area contributed by atoms with Gasteiger partial charge in [0.15, 0.2) is 0 Å². The highest BCUT2D eigenvalue weighted by atomic mass is 16.5. The van der Waals surface area contributed by atoms with Crippen LogP contribution in [0.5, 0.6) is 0 Å². The van der Waals surface area contributed by atoms with E-state index in [-0.39, 0.29) is 12.2 Å². The van der Waals surface area contributed by atoms with Gasteiger partial charge < -0.3 is 10.3 Å². The molecule has 4 nitrogen and oxygen atoms in total. The van der Waals surface area contributed by atoms with E-state index in [0.717, 1.165) is 6.21 Å². The Hall–Kier alpha value is -1.25. The predicted octanol–water partition coefficient (Wildman–Crippen LogP) is 0.839. The molecule has 0 amide bonds. The van der Waals surface area contributed by atoms with Crippen LogP contribution in [0, 0.1) is 0 Å². The SMILES string of the molecule is C/C=C/COCCC(=O)C=[N+]=[N-]. The fourth-order valence-corrected chi connectivity index (χ4v) is 0.549. The zero-order chi connectivity index (χ0) is 9.23. The van der Waals surface area contributed by atoms with Crippen LogP contribution < -0.4 is 0 Å². The number of hydrogen-bond donors (Lipinski definition) is 0. The highest BCUT2D eigenvalue weighted by Crippen LogP contribution is 1.83. The molecule has 0 spiro atoms. The van der Waals surface area contributed by atoms with Crippen LogP contribution in [0.25, 0.3) is 5.53 Å². The first kappa shape index (κ1) is 10.8. The second-order valence-corrected chi connectivity index (χ2v) is 2.10. The Morgan fingerprint density at radius 2 is 2.42 bits per heavy atom. The van der Waals surface area contributed by atoms with E-state index in [2.05, 4.69) is 4.79 Å². The van der Waals surface area contributed by atoms with Gasteiger partial charge in [0.05, 0.1) is 13.2 Å². The zero-order valence-electron chi connectivity index (χ0n) is 7.06. The van der Waals surface area contributed by atoms with E-state index in [0.29, 0.717) is 13.2 Å². The summed E-state index contributed by atoms with van der Waals surface area (Å²) in [6, 6.07) is 0. The largest absolute Gasteiger partial charge is 0.377 e. The average molecular weight is 168 g/mol. The summed E-state index contributed by atoms with van der Waals surface area (Å²) < 4.78 is 5.04. The number of allylic oxidation sites excluding steroid dienone is 1. The van der Waals surface area contributed by atoms with Gasteiger partial charge in [0.25, 0.3) is 0 Å². The quantitative estimate of drug-likeness (QED) is 0.194. The molecule has 0 radical (unpaired) electrons. The van der Waals surface area contributed by atoms with Gasteiger partial charge in [0, 0.05) is 6.42 Å². The van der Waals surface area contributed by atoms with Crippen LogP contribution >= 0.6 is 0 Å². The zero-order valence-corrected chi connectivity index (χ0v) is 7.06. The smallest absolute Gasteiger partial charge is 0.323 e. The Kier molecular flexibility index (Phi) is 7.03. The molecule has 0 aliphatic heterocycles. The summed E-state index contributed by atoms with van der Waals surface area (Å²) in [6.45, 7) is 2.77. The van der Waals surface area contributed by atoms with Crippen molar-refractivity contribution in [3.63, 3.8) is 0 Å². The summed E-state index contributed by atoms with van der Waals surface area (Å²) in [4.78, 5) is 13.3. The van der Waals surface area contributed by atoms with Crippen LogP contribution in [0.1, 0.15) is 13.3 Å². The number of rotatable bonds is 6. The second kappa shape index (κ2) is 7.85. The Morgan fingerprint density at radius 3 is 3.00 bits per heavy atom. The van der Waals surface area contributed by atoms with Crippen LogP contribution in [0.15, 0.2) is 12.2 Å². The maximum atomic E-state index is 10.7. The third kappa shape index (κ3) is 6.86. The minimum atomic E-state index is -0.238. The molecular weight excluding hydrogens is 156 g/mol. The topological polar surface area (TPSA) is 62.7 Å². The Morgan fingerprint density at radius 1 is 1.67 bits per heavy atom. The first-order chi connectivity index (χ1) is 5.81. The molecule has 0 aliphatic carbocycles. The molecule has 0 saturated heterocycles. The Labute approximate surface area is 71.5 Å². The van der Waals surface area contributed by atoms with Crippen molar-refractivity contribution in [1.29, 1.82) is 0 Å². The van der Waals surface area contributed by atoms with Gasteiger partial charge in [-0.25, -0.2) is 0 Å². The molecule has 0 aromatic rings. The van der Waals surface area contributed by atoms with Crippen molar-refractivity contribution in [3.8, 4) is 0 Å². The number of carbonyl (C=O) groups excluding carboxylic acids is 1. The first-order valence-electron chi connectivity index (χ1n) is 3.70. The van der Waals surface area contributed by atoms with E-state index < -0.39 is 0 Å². The number of ketones is 1. The lowest BCUT2D eigenvalue weighted by atomic mass is 10.3. The highest BCUT2D eigenvalue weighted by molar-refractivity contribution is 6.25. The number of ether oxygens (including phenoxy) is 1. The van der Waals surface area contributed by atoms with E-state index in [1.54, 1.807) is 0 Å². The molecule has 0 fully saturated rings. The van der Waals surface area contributed by atoms with Crippen LogP contribution in [0.4, 0.5) is 0 Å². The lowest BCUT2D eigenvalue weighted by molar-refractivity contribution is -0.117. The van der Waals surface area contributed by atoms with Crippen molar-refractivity contribution in [2.45, 2.75) is 13.3 Å². The van der Waals surface area contributed by atoms with Gasteiger partial charge in [-0.05, 0) is 6.92 Å². The molecule has 0 saturated carbocycles. The number of carbonyl (C=O) groups is 1. The van der Waals surface area contributed by atoms with Gasteiger partial charge in [-0.1, -0.05) is 12.2 Å². The molecule has 0 atom stereocenters.